The van der Waals surface area contributed by atoms with Crippen LogP contribution in [0, 0.1) is 17.5 Å². The molecule has 0 saturated carbocycles. The molecule has 0 amide bonds. The van der Waals surface area contributed by atoms with Gasteiger partial charge in [0.1, 0.15) is 12.4 Å². The van der Waals surface area contributed by atoms with Crippen LogP contribution in [-0.2, 0) is 13.2 Å². The largest absolute Gasteiger partial charge is 0.483 e. The van der Waals surface area contributed by atoms with Gasteiger partial charge in [0, 0.05) is 18.3 Å². The van der Waals surface area contributed by atoms with Gasteiger partial charge >= 0.3 is 0 Å². The van der Waals surface area contributed by atoms with Gasteiger partial charge in [0.25, 0.3) is 0 Å². The number of benzene rings is 1. The van der Waals surface area contributed by atoms with Gasteiger partial charge in [-0.25, -0.2) is 13.2 Å². The molecule has 0 aliphatic rings. The number of pyridine rings is 1. The van der Waals surface area contributed by atoms with Crippen LogP contribution < -0.4 is 10.5 Å². The molecule has 1 heterocycles. The van der Waals surface area contributed by atoms with Gasteiger partial charge in [-0.1, -0.05) is 0 Å². The van der Waals surface area contributed by atoms with E-state index in [1.165, 1.54) is 12.3 Å². The standard InChI is InChI=1S/C13H11F3N2O/c14-10-1-9(5-18-6-10)7-19-13-11(15)2-8(4-17)3-12(13)16/h1-3,5-6H,4,7,17H2. The number of aromatic nitrogens is 1. The van der Waals surface area contributed by atoms with Gasteiger partial charge in [-0.2, -0.15) is 0 Å². The highest BCUT2D eigenvalue weighted by Gasteiger charge is 2.12. The number of halogens is 3. The molecule has 6 heteroatoms. The zero-order valence-corrected chi connectivity index (χ0v) is 9.87. The topological polar surface area (TPSA) is 48.1 Å². The Morgan fingerprint density at radius 1 is 1.00 bits per heavy atom. The summed E-state index contributed by atoms with van der Waals surface area (Å²) in [6, 6.07) is 3.38. The Morgan fingerprint density at radius 3 is 2.26 bits per heavy atom. The van der Waals surface area contributed by atoms with Crippen molar-refractivity contribution in [2.45, 2.75) is 13.2 Å². The number of rotatable bonds is 4. The molecule has 0 radical (unpaired) electrons. The number of ether oxygens (including phenoxy) is 1. The molecule has 0 aliphatic heterocycles. The molecular formula is C13H11F3N2O. The summed E-state index contributed by atoms with van der Waals surface area (Å²) in [4.78, 5) is 3.61. The van der Waals surface area contributed by atoms with Crippen LogP contribution in [0.5, 0.6) is 5.75 Å². The lowest BCUT2D eigenvalue weighted by molar-refractivity contribution is 0.273. The summed E-state index contributed by atoms with van der Waals surface area (Å²) in [5.74, 6) is -2.74. The van der Waals surface area contributed by atoms with E-state index in [0.29, 0.717) is 11.1 Å². The lowest BCUT2D eigenvalue weighted by Crippen LogP contribution is -2.04. The predicted octanol–water partition coefficient (Wildman–Crippen LogP) is 2.54. The van der Waals surface area contributed by atoms with E-state index in [9.17, 15) is 13.2 Å². The van der Waals surface area contributed by atoms with E-state index in [2.05, 4.69) is 4.98 Å². The summed E-state index contributed by atoms with van der Waals surface area (Å²) in [6.45, 7) is -0.150. The Labute approximate surface area is 107 Å². The van der Waals surface area contributed by atoms with Crippen LogP contribution in [0.3, 0.4) is 0 Å². The van der Waals surface area contributed by atoms with Gasteiger partial charge in [0.05, 0.1) is 6.20 Å². The third-order valence-corrected chi connectivity index (χ3v) is 2.44. The summed E-state index contributed by atoms with van der Waals surface area (Å²) < 4.78 is 45.0. The number of nitrogens with zero attached hydrogens (tertiary/aromatic N) is 1. The first-order chi connectivity index (χ1) is 9.10. The second-order valence-electron chi connectivity index (χ2n) is 3.89. The summed E-state index contributed by atoms with van der Waals surface area (Å²) in [6.07, 6.45) is 2.38. The average molecular weight is 268 g/mol. The maximum Gasteiger partial charge on any atom is 0.191 e. The van der Waals surface area contributed by atoms with Gasteiger partial charge in [-0.05, 0) is 23.8 Å². The fourth-order valence-electron chi connectivity index (χ4n) is 1.56. The molecule has 2 aromatic rings. The summed E-state index contributed by atoms with van der Waals surface area (Å²) in [5, 5.41) is 0. The second kappa shape index (κ2) is 5.71. The second-order valence-corrected chi connectivity index (χ2v) is 3.89. The first-order valence-electron chi connectivity index (χ1n) is 5.50. The molecule has 2 rings (SSSR count). The zero-order chi connectivity index (χ0) is 13.8. The van der Waals surface area contributed by atoms with E-state index in [1.807, 2.05) is 0 Å². The third-order valence-electron chi connectivity index (χ3n) is 2.44. The minimum absolute atomic E-state index is 0.0297. The predicted molar refractivity (Wildman–Crippen MR) is 62.8 cm³/mol. The molecule has 0 aliphatic carbocycles. The van der Waals surface area contributed by atoms with E-state index < -0.39 is 23.2 Å². The van der Waals surface area contributed by atoms with E-state index >= 15 is 0 Å². The van der Waals surface area contributed by atoms with Crippen molar-refractivity contribution >= 4 is 0 Å². The van der Waals surface area contributed by atoms with Crippen molar-refractivity contribution in [2.24, 2.45) is 5.73 Å². The van der Waals surface area contributed by atoms with Gasteiger partial charge in [-0.3, -0.25) is 4.98 Å². The van der Waals surface area contributed by atoms with Crippen molar-refractivity contribution in [2.75, 3.05) is 0 Å². The van der Waals surface area contributed by atoms with Crippen molar-refractivity contribution in [1.82, 2.24) is 4.98 Å². The Kier molecular flexibility index (Phi) is 4.01. The molecule has 1 aromatic heterocycles. The SMILES string of the molecule is NCc1cc(F)c(OCc2cncc(F)c2)c(F)c1. The molecule has 0 bridgehead atoms. The molecule has 0 spiro atoms. The van der Waals surface area contributed by atoms with E-state index in [4.69, 9.17) is 10.5 Å². The van der Waals surface area contributed by atoms with Crippen LogP contribution in [0.15, 0.2) is 30.6 Å². The smallest absolute Gasteiger partial charge is 0.191 e. The minimum atomic E-state index is -0.843. The quantitative estimate of drug-likeness (QED) is 0.927. The number of hydrogen-bond donors (Lipinski definition) is 1. The molecule has 3 nitrogen and oxygen atoms in total. The van der Waals surface area contributed by atoms with Crippen molar-refractivity contribution in [3.8, 4) is 5.75 Å². The molecule has 0 fully saturated rings. The first kappa shape index (κ1) is 13.4. The van der Waals surface area contributed by atoms with Crippen molar-refractivity contribution in [3.05, 3.63) is 59.2 Å². The molecule has 0 atom stereocenters. The minimum Gasteiger partial charge on any atom is -0.483 e. The summed E-state index contributed by atoms with van der Waals surface area (Å²) in [7, 11) is 0. The Morgan fingerprint density at radius 2 is 1.68 bits per heavy atom. The van der Waals surface area contributed by atoms with E-state index in [0.717, 1.165) is 18.3 Å². The summed E-state index contributed by atoms with van der Waals surface area (Å²) in [5.41, 5.74) is 6.00. The van der Waals surface area contributed by atoms with E-state index in [1.54, 1.807) is 0 Å². The number of hydrogen-bond acceptors (Lipinski definition) is 3. The van der Waals surface area contributed by atoms with Crippen molar-refractivity contribution in [3.63, 3.8) is 0 Å². The normalized spacial score (nSPS) is 10.5. The van der Waals surface area contributed by atoms with Crippen LogP contribution in [0.25, 0.3) is 0 Å². The van der Waals surface area contributed by atoms with Gasteiger partial charge in [-0.15, -0.1) is 0 Å². The van der Waals surface area contributed by atoms with Crippen molar-refractivity contribution in [1.29, 1.82) is 0 Å². The van der Waals surface area contributed by atoms with Crippen LogP contribution >= 0.6 is 0 Å². The molecule has 0 unspecified atom stereocenters. The monoisotopic (exact) mass is 268 g/mol. The van der Waals surface area contributed by atoms with Crippen LogP contribution in [0.4, 0.5) is 13.2 Å². The Balaban J connectivity index is 2.16. The fraction of sp³-hybridized carbons (Fsp3) is 0.154. The lowest BCUT2D eigenvalue weighted by atomic mass is 10.2. The van der Waals surface area contributed by atoms with Gasteiger partial charge in [0.15, 0.2) is 17.4 Å². The van der Waals surface area contributed by atoms with Gasteiger partial charge in [0.2, 0.25) is 0 Å². The van der Waals surface area contributed by atoms with Crippen molar-refractivity contribution < 1.29 is 17.9 Å². The molecule has 0 saturated heterocycles. The Hall–Kier alpha value is -2.08. The van der Waals surface area contributed by atoms with E-state index in [-0.39, 0.29) is 13.2 Å². The molecular weight excluding hydrogens is 257 g/mol. The molecule has 1 aromatic carbocycles. The Bertz CT molecular complexity index is 567. The summed E-state index contributed by atoms with van der Waals surface area (Å²) >= 11 is 0. The molecule has 100 valence electrons. The first-order valence-corrected chi connectivity index (χ1v) is 5.50. The highest BCUT2D eigenvalue weighted by molar-refractivity contribution is 5.31. The maximum atomic E-state index is 13.6. The third kappa shape index (κ3) is 3.23. The highest BCUT2D eigenvalue weighted by atomic mass is 19.1. The van der Waals surface area contributed by atoms with Crippen LogP contribution in [0.2, 0.25) is 0 Å². The lowest BCUT2D eigenvalue weighted by Gasteiger charge is -2.09. The molecule has 2 N–H and O–H groups in total. The average Bonchev–Trinajstić information content (AvgIpc) is 2.37. The molecule has 19 heavy (non-hydrogen) atoms. The fourth-order valence-corrected chi connectivity index (χ4v) is 1.56. The zero-order valence-electron chi connectivity index (χ0n) is 9.87. The van der Waals surface area contributed by atoms with Crippen LogP contribution in [0.1, 0.15) is 11.1 Å². The van der Waals surface area contributed by atoms with Gasteiger partial charge < -0.3 is 10.5 Å². The number of nitrogens with two attached hydrogens (primary N) is 1. The van der Waals surface area contributed by atoms with Crippen LogP contribution in [-0.4, -0.2) is 4.98 Å². The highest BCUT2D eigenvalue weighted by Crippen LogP contribution is 2.24. The maximum absolute atomic E-state index is 13.6.